The van der Waals surface area contributed by atoms with Crippen LogP contribution in [0.5, 0.6) is 0 Å². The normalized spacial score (nSPS) is 14.9. The first-order chi connectivity index (χ1) is 7.62. The minimum atomic E-state index is 0.0972. The van der Waals surface area contributed by atoms with Crippen LogP contribution in [-0.4, -0.2) is 7.85 Å². The van der Waals surface area contributed by atoms with Gasteiger partial charge in [0.05, 0.1) is 7.85 Å². The van der Waals surface area contributed by atoms with Crippen molar-refractivity contribution >= 4 is 7.85 Å². The largest absolute Gasteiger partial charge is 0.0742 e. The Morgan fingerprint density at radius 3 is 1.50 bits per heavy atom. The monoisotopic (exact) mass is 222 g/mol. The predicted molar refractivity (Wildman–Crippen MR) is 76.3 cm³/mol. The van der Waals surface area contributed by atoms with Crippen LogP contribution in [0, 0.1) is 0 Å². The Morgan fingerprint density at radius 1 is 0.688 bits per heavy atom. The van der Waals surface area contributed by atoms with Gasteiger partial charge >= 0.3 is 0 Å². The van der Waals surface area contributed by atoms with Gasteiger partial charge in [-0.2, -0.15) is 0 Å². The molecule has 94 valence electrons. The second kappa shape index (κ2) is 10.2. The van der Waals surface area contributed by atoms with Crippen molar-refractivity contribution in [1.82, 2.24) is 0 Å². The Kier molecular flexibility index (Phi) is 10.3. The molecule has 0 aromatic heterocycles. The van der Waals surface area contributed by atoms with E-state index in [4.69, 9.17) is 7.85 Å². The first kappa shape index (κ1) is 16.1. The maximum absolute atomic E-state index is 6.31. The molecule has 0 aliphatic heterocycles. The fraction of sp³-hybridized carbons (Fsp3) is 1.00. The van der Waals surface area contributed by atoms with E-state index in [1.54, 1.807) is 0 Å². The van der Waals surface area contributed by atoms with Gasteiger partial charge in [0.2, 0.25) is 0 Å². The van der Waals surface area contributed by atoms with Crippen LogP contribution in [0.25, 0.3) is 0 Å². The summed E-state index contributed by atoms with van der Waals surface area (Å²) in [6.07, 6.45) is 14.6. The van der Waals surface area contributed by atoms with E-state index < -0.39 is 0 Å². The van der Waals surface area contributed by atoms with Gasteiger partial charge in [0.1, 0.15) is 0 Å². The van der Waals surface area contributed by atoms with E-state index in [1.807, 2.05) is 0 Å². The van der Waals surface area contributed by atoms with Crippen LogP contribution in [0.2, 0.25) is 5.31 Å². The topological polar surface area (TPSA) is 0 Å². The molecule has 1 atom stereocenters. The van der Waals surface area contributed by atoms with E-state index in [9.17, 15) is 0 Å². The molecule has 0 spiro atoms. The minimum absolute atomic E-state index is 0.0972. The van der Waals surface area contributed by atoms with Crippen molar-refractivity contribution in [3.8, 4) is 0 Å². The maximum Gasteiger partial charge on any atom is 0.0742 e. The summed E-state index contributed by atoms with van der Waals surface area (Å²) in [5.41, 5.74) is 0. The van der Waals surface area contributed by atoms with E-state index >= 15 is 0 Å². The number of hydrogen-bond acceptors (Lipinski definition) is 0. The number of rotatable bonds is 11. The Bertz CT molecular complexity index is 140. The fourth-order valence-electron chi connectivity index (χ4n) is 2.21. The van der Waals surface area contributed by atoms with Crippen molar-refractivity contribution in [1.29, 1.82) is 0 Å². The first-order valence-corrected chi connectivity index (χ1v) is 7.41. The van der Waals surface area contributed by atoms with Gasteiger partial charge < -0.3 is 0 Å². The SMILES string of the molecule is [B]C(C)(CCCCCC)CCCCCCC. The molecule has 0 nitrogen and oxygen atoms in total. The van der Waals surface area contributed by atoms with Gasteiger partial charge in [0, 0.05) is 0 Å². The second-order valence-corrected chi connectivity index (χ2v) is 5.63. The van der Waals surface area contributed by atoms with E-state index in [0.29, 0.717) is 0 Å². The predicted octanol–water partition coefficient (Wildman–Crippen LogP) is 5.66. The van der Waals surface area contributed by atoms with E-state index in [2.05, 4.69) is 20.8 Å². The fourth-order valence-corrected chi connectivity index (χ4v) is 2.21. The molecule has 0 saturated heterocycles. The van der Waals surface area contributed by atoms with Crippen LogP contribution in [-0.2, 0) is 0 Å². The molecule has 0 bridgehead atoms. The smallest absolute Gasteiger partial charge is 0.0688 e. The standard InChI is InChI=1S/C15H31B/c1-4-6-8-10-12-14-15(3,16)13-11-9-7-5-2/h4-14H2,1-3H3. The van der Waals surface area contributed by atoms with E-state index in [0.717, 1.165) is 0 Å². The average molecular weight is 222 g/mol. The van der Waals surface area contributed by atoms with Gasteiger partial charge in [-0.3, -0.25) is 0 Å². The van der Waals surface area contributed by atoms with Crippen LogP contribution in [0.3, 0.4) is 0 Å². The molecule has 0 aliphatic carbocycles. The highest BCUT2D eigenvalue weighted by Crippen LogP contribution is 2.34. The summed E-state index contributed by atoms with van der Waals surface area (Å²) in [4.78, 5) is 0. The molecule has 1 unspecified atom stereocenters. The highest BCUT2D eigenvalue weighted by Gasteiger charge is 2.15. The molecular formula is C15H31B. The summed E-state index contributed by atoms with van der Waals surface area (Å²) in [6, 6.07) is 0. The average Bonchev–Trinajstić information content (AvgIpc) is 2.24. The third-order valence-corrected chi connectivity index (χ3v) is 3.45. The molecule has 0 aromatic carbocycles. The minimum Gasteiger partial charge on any atom is -0.0688 e. The molecule has 0 rings (SSSR count). The molecule has 0 aromatic rings. The van der Waals surface area contributed by atoms with Crippen LogP contribution in [0.4, 0.5) is 0 Å². The molecule has 0 amide bonds. The van der Waals surface area contributed by atoms with Crippen LogP contribution >= 0.6 is 0 Å². The summed E-state index contributed by atoms with van der Waals surface area (Å²) in [5, 5.41) is 0.0972. The van der Waals surface area contributed by atoms with E-state index in [1.165, 1.54) is 70.6 Å². The highest BCUT2D eigenvalue weighted by atomic mass is 14.2. The Balaban J connectivity index is 3.38. The molecule has 0 heterocycles. The first-order valence-electron chi connectivity index (χ1n) is 7.41. The van der Waals surface area contributed by atoms with Crippen molar-refractivity contribution in [2.75, 3.05) is 0 Å². The quantitative estimate of drug-likeness (QED) is 0.312. The van der Waals surface area contributed by atoms with E-state index in [-0.39, 0.29) is 5.31 Å². The summed E-state index contributed by atoms with van der Waals surface area (Å²) >= 11 is 0. The van der Waals surface area contributed by atoms with Crippen molar-refractivity contribution in [3.05, 3.63) is 0 Å². The molecule has 0 N–H and O–H groups in total. The number of unbranched alkanes of at least 4 members (excludes halogenated alkanes) is 7. The molecule has 0 aliphatic rings. The molecule has 2 radical (unpaired) electrons. The van der Waals surface area contributed by atoms with Crippen molar-refractivity contribution < 1.29 is 0 Å². The lowest BCUT2D eigenvalue weighted by molar-refractivity contribution is 0.454. The summed E-state index contributed by atoms with van der Waals surface area (Å²) in [6.45, 7) is 6.76. The number of hydrogen-bond donors (Lipinski definition) is 0. The Hall–Kier alpha value is 0.0649. The van der Waals surface area contributed by atoms with Gasteiger partial charge in [-0.15, -0.1) is 0 Å². The van der Waals surface area contributed by atoms with Crippen molar-refractivity contribution in [3.63, 3.8) is 0 Å². The van der Waals surface area contributed by atoms with Gasteiger partial charge in [0.15, 0.2) is 0 Å². The lowest BCUT2D eigenvalue weighted by Gasteiger charge is -2.25. The summed E-state index contributed by atoms with van der Waals surface area (Å²) < 4.78 is 0. The molecular weight excluding hydrogens is 191 g/mol. The molecule has 16 heavy (non-hydrogen) atoms. The Labute approximate surface area is 105 Å². The zero-order chi connectivity index (χ0) is 12.3. The molecule has 0 saturated carbocycles. The Morgan fingerprint density at radius 2 is 1.06 bits per heavy atom. The summed E-state index contributed by atoms with van der Waals surface area (Å²) in [7, 11) is 6.31. The van der Waals surface area contributed by atoms with Crippen LogP contribution in [0.1, 0.15) is 91.4 Å². The van der Waals surface area contributed by atoms with Gasteiger partial charge in [0.25, 0.3) is 0 Å². The van der Waals surface area contributed by atoms with Gasteiger partial charge in [-0.05, 0) is 0 Å². The van der Waals surface area contributed by atoms with Gasteiger partial charge in [-0.1, -0.05) is 96.7 Å². The zero-order valence-corrected chi connectivity index (χ0v) is 11.9. The maximum atomic E-state index is 6.31. The third kappa shape index (κ3) is 10.6. The van der Waals surface area contributed by atoms with Gasteiger partial charge in [-0.25, -0.2) is 0 Å². The molecule has 1 heteroatoms. The molecule has 0 fully saturated rings. The highest BCUT2D eigenvalue weighted by molar-refractivity contribution is 6.14. The van der Waals surface area contributed by atoms with Crippen LogP contribution in [0.15, 0.2) is 0 Å². The second-order valence-electron chi connectivity index (χ2n) is 5.63. The van der Waals surface area contributed by atoms with Crippen molar-refractivity contribution in [2.45, 2.75) is 96.7 Å². The zero-order valence-electron chi connectivity index (χ0n) is 11.9. The van der Waals surface area contributed by atoms with Crippen LogP contribution < -0.4 is 0 Å². The third-order valence-electron chi connectivity index (χ3n) is 3.45. The lowest BCUT2D eigenvalue weighted by Crippen LogP contribution is -2.08. The lowest BCUT2D eigenvalue weighted by atomic mass is 9.64. The van der Waals surface area contributed by atoms with Crippen molar-refractivity contribution in [2.24, 2.45) is 0 Å². The summed E-state index contributed by atoms with van der Waals surface area (Å²) in [5.74, 6) is 0.